The number of nitrogens with zero attached hydrogens (tertiary/aromatic N) is 1. The Labute approximate surface area is 158 Å². The second-order valence-electron chi connectivity index (χ2n) is 5.80. The van der Waals surface area contributed by atoms with Gasteiger partial charge in [-0.3, -0.25) is 4.79 Å². The molecule has 0 radical (unpaired) electrons. The predicted octanol–water partition coefficient (Wildman–Crippen LogP) is 1.69. The van der Waals surface area contributed by atoms with Crippen LogP contribution in [0.2, 0.25) is 0 Å². The van der Waals surface area contributed by atoms with Gasteiger partial charge in [-0.05, 0) is 60.8 Å². The minimum atomic E-state index is -3.66. The summed E-state index contributed by atoms with van der Waals surface area (Å²) in [6.45, 7) is 0.366. The molecule has 0 aliphatic carbocycles. The quantitative estimate of drug-likeness (QED) is 0.672. The summed E-state index contributed by atoms with van der Waals surface area (Å²) in [5.41, 5.74) is 1.53. The van der Waals surface area contributed by atoms with Crippen LogP contribution in [-0.4, -0.2) is 46.4 Å². The van der Waals surface area contributed by atoms with Crippen molar-refractivity contribution in [3.8, 4) is 12.3 Å². The third kappa shape index (κ3) is 5.16. The summed E-state index contributed by atoms with van der Waals surface area (Å²) in [4.78, 5) is 14.5. The number of terminal acetylenes is 1. The minimum Gasteiger partial charge on any atom is -0.350 e. The third-order valence-electron chi connectivity index (χ3n) is 3.80. The van der Waals surface area contributed by atoms with Gasteiger partial charge in [0.05, 0.1) is 17.5 Å². The van der Waals surface area contributed by atoms with Gasteiger partial charge in [0.15, 0.2) is 0 Å². The summed E-state index contributed by atoms with van der Waals surface area (Å²) >= 11 is 1.61. The average molecular weight is 392 g/mol. The van der Waals surface area contributed by atoms with E-state index in [1.807, 2.05) is 30.4 Å². The van der Waals surface area contributed by atoms with Gasteiger partial charge in [0.25, 0.3) is 5.91 Å². The second-order valence-corrected chi connectivity index (χ2v) is 8.35. The summed E-state index contributed by atoms with van der Waals surface area (Å²) in [6, 6.07) is 7.83. The van der Waals surface area contributed by atoms with Crippen molar-refractivity contribution in [2.24, 2.45) is 0 Å². The Bertz CT molecular complexity index is 867. The van der Waals surface area contributed by atoms with Crippen molar-refractivity contribution >= 4 is 27.3 Å². The maximum atomic E-state index is 12.4. The van der Waals surface area contributed by atoms with E-state index in [1.54, 1.807) is 11.3 Å². The largest absolute Gasteiger partial charge is 0.350 e. The van der Waals surface area contributed by atoms with Crippen molar-refractivity contribution in [2.45, 2.75) is 10.9 Å². The number of carbonyl (C=O) groups is 1. The SMILES string of the molecule is C#CCNS(=O)(=O)c1ccc(C(=O)NCC(c2ccsc2)N(C)C)cc1. The van der Waals surface area contributed by atoms with Crippen LogP contribution >= 0.6 is 11.3 Å². The van der Waals surface area contributed by atoms with Crippen LogP contribution in [0.15, 0.2) is 46.0 Å². The fraction of sp³-hybridized carbons (Fsp3) is 0.278. The van der Waals surface area contributed by atoms with E-state index in [0.29, 0.717) is 12.1 Å². The Kier molecular flexibility index (Phi) is 6.94. The maximum absolute atomic E-state index is 12.4. The zero-order valence-corrected chi connectivity index (χ0v) is 16.2. The van der Waals surface area contributed by atoms with E-state index in [-0.39, 0.29) is 23.4 Å². The van der Waals surface area contributed by atoms with Crippen LogP contribution in [0.4, 0.5) is 0 Å². The molecule has 6 nitrogen and oxygen atoms in total. The molecule has 1 unspecified atom stereocenters. The van der Waals surface area contributed by atoms with Crippen LogP contribution in [0.1, 0.15) is 22.0 Å². The highest BCUT2D eigenvalue weighted by Gasteiger charge is 2.17. The van der Waals surface area contributed by atoms with Crippen molar-refractivity contribution in [2.75, 3.05) is 27.2 Å². The molecule has 0 spiro atoms. The van der Waals surface area contributed by atoms with Gasteiger partial charge in [0, 0.05) is 12.1 Å². The molecule has 0 saturated carbocycles. The summed E-state index contributed by atoms with van der Waals surface area (Å²) < 4.78 is 26.2. The van der Waals surface area contributed by atoms with Gasteiger partial charge in [-0.1, -0.05) is 5.92 Å². The molecular weight excluding hydrogens is 370 g/mol. The first-order valence-electron chi connectivity index (χ1n) is 7.85. The van der Waals surface area contributed by atoms with Crippen LogP contribution in [-0.2, 0) is 10.0 Å². The van der Waals surface area contributed by atoms with Gasteiger partial charge in [-0.15, -0.1) is 6.42 Å². The number of rotatable bonds is 8. The number of sulfonamides is 1. The van der Waals surface area contributed by atoms with Gasteiger partial charge in [0.2, 0.25) is 10.0 Å². The smallest absolute Gasteiger partial charge is 0.251 e. The summed E-state index contributed by atoms with van der Waals surface area (Å²) in [6.07, 6.45) is 5.06. The van der Waals surface area contributed by atoms with Crippen molar-refractivity contribution in [1.82, 2.24) is 14.9 Å². The normalized spacial score (nSPS) is 12.5. The van der Waals surface area contributed by atoms with Gasteiger partial charge in [-0.2, -0.15) is 16.1 Å². The van der Waals surface area contributed by atoms with E-state index in [9.17, 15) is 13.2 Å². The fourth-order valence-corrected chi connectivity index (χ4v) is 4.00. The van der Waals surface area contributed by atoms with Crippen molar-refractivity contribution in [1.29, 1.82) is 0 Å². The second kappa shape index (κ2) is 8.96. The first-order valence-corrected chi connectivity index (χ1v) is 10.3. The van der Waals surface area contributed by atoms with Gasteiger partial charge >= 0.3 is 0 Å². The summed E-state index contributed by atoms with van der Waals surface area (Å²) in [5.74, 6) is 1.96. The van der Waals surface area contributed by atoms with Crippen LogP contribution in [0.25, 0.3) is 0 Å². The molecule has 26 heavy (non-hydrogen) atoms. The summed E-state index contributed by atoms with van der Waals surface area (Å²) in [7, 11) is 0.250. The molecule has 1 heterocycles. The van der Waals surface area contributed by atoms with E-state index in [1.165, 1.54) is 24.3 Å². The van der Waals surface area contributed by atoms with Crippen LogP contribution < -0.4 is 10.0 Å². The molecule has 0 bridgehead atoms. The molecule has 0 fully saturated rings. The molecule has 0 saturated heterocycles. The zero-order valence-electron chi connectivity index (χ0n) is 14.6. The Hall–Kier alpha value is -2.18. The van der Waals surface area contributed by atoms with Crippen molar-refractivity contribution < 1.29 is 13.2 Å². The lowest BCUT2D eigenvalue weighted by atomic mass is 10.1. The van der Waals surface area contributed by atoms with Gasteiger partial charge < -0.3 is 10.2 Å². The number of thiophene rings is 1. The molecule has 1 aromatic heterocycles. The van der Waals surface area contributed by atoms with Crippen LogP contribution in [0.3, 0.4) is 0 Å². The lowest BCUT2D eigenvalue weighted by Crippen LogP contribution is -2.34. The van der Waals surface area contributed by atoms with E-state index in [0.717, 1.165) is 5.56 Å². The van der Waals surface area contributed by atoms with Crippen molar-refractivity contribution in [3.63, 3.8) is 0 Å². The third-order valence-corrected chi connectivity index (χ3v) is 5.92. The average Bonchev–Trinajstić information content (AvgIpc) is 3.14. The monoisotopic (exact) mass is 391 g/mol. The number of carbonyl (C=O) groups excluding carboxylic acids is 1. The highest BCUT2D eigenvalue weighted by atomic mass is 32.2. The van der Waals surface area contributed by atoms with Crippen LogP contribution in [0.5, 0.6) is 0 Å². The minimum absolute atomic E-state index is 0.0636. The highest BCUT2D eigenvalue weighted by molar-refractivity contribution is 7.89. The molecule has 1 aromatic carbocycles. The number of benzene rings is 1. The number of amides is 1. The zero-order chi connectivity index (χ0) is 19.2. The number of hydrogen-bond donors (Lipinski definition) is 2. The molecule has 2 rings (SSSR count). The van der Waals surface area contributed by atoms with E-state index < -0.39 is 10.0 Å². The lowest BCUT2D eigenvalue weighted by molar-refractivity contribution is 0.0942. The Morgan fingerprint density at radius 1 is 1.27 bits per heavy atom. The maximum Gasteiger partial charge on any atom is 0.251 e. The molecule has 2 aromatic rings. The number of likely N-dealkylation sites (N-methyl/N-ethyl adjacent to an activating group) is 1. The van der Waals surface area contributed by atoms with Gasteiger partial charge in [-0.25, -0.2) is 8.42 Å². The van der Waals surface area contributed by atoms with Gasteiger partial charge in [0.1, 0.15) is 0 Å². The predicted molar refractivity (Wildman–Crippen MR) is 104 cm³/mol. The molecule has 2 N–H and O–H groups in total. The first kappa shape index (κ1) is 20.1. The topological polar surface area (TPSA) is 78.5 Å². The van der Waals surface area contributed by atoms with Crippen LogP contribution in [0, 0.1) is 12.3 Å². The Balaban J connectivity index is 2.03. The molecule has 0 aliphatic heterocycles. The Morgan fingerprint density at radius 2 is 1.96 bits per heavy atom. The molecule has 1 atom stereocenters. The van der Waals surface area contributed by atoms with E-state index in [4.69, 9.17) is 6.42 Å². The van der Waals surface area contributed by atoms with E-state index in [2.05, 4.69) is 21.3 Å². The number of hydrogen-bond acceptors (Lipinski definition) is 5. The fourth-order valence-electron chi connectivity index (χ4n) is 2.36. The number of nitrogens with one attached hydrogen (secondary N) is 2. The molecule has 0 aliphatic rings. The molecule has 8 heteroatoms. The highest BCUT2D eigenvalue weighted by Crippen LogP contribution is 2.20. The van der Waals surface area contributed by atoms with E-state index >= 15 is 0 Å². The standard InChI is InChI=1S/C18H21N3O3S2/c1-4-10-20-26(23,24)16-7-5-14(6-8-16)18(22)19-12-17(21(2)3)15-9-11-25-13-15/h1,5-9,11,13,17,20H,10,12H2,2-3H3,(H,19,22). The molecular formula is C18H21N3O3S2. The Morgan fingerprint density at radius 3 is 2.50 bits per heavy atom. The van der Waals surface area contributed by atoms with Crippen molar-refractivity contribution in [3.05, 3.63) is 52.2 Å². The molecule has 1 amide bonds. The summed E-state index contributed by atoms with van der Waals surface area (Å²) in [5, 5.41) is 6.95. The molecule has 138 valence electrons. The first-order chi connectivity index (χ1) is 12.3. The lowest BCUT2D eigenvalue weighted by Gasteiger charge is -2.24.